The lowest BCUT2D eigenvalue weighted by atomic mass is 9.87. The van der Waals surface area contributed by atoms with Gasteiger partial charge in [0.25, 0.3) is 0 Å². The van der Waals surface area contributed by atoms with E-state index in [-0.39, 0.29) is 17.4 Å². The number of aromatic nitrogens is 1. The van der Waals surface area contributed by atoms with Crippen LogP contribution < -0.4 is 5.73 Å². The van der Waals surface area contributed by atoms with Gasteiger partial charge in [-0.25, -0.2) is 4.98 Å². The second-order valence-electron chi connectivity index (χ2n) is 6.34. The molecule has 1 aromatic rings. The number of aryl methyl sites for hydroxylation is 1. The summed E-state index contributed by atoms with van der Waals surface area (Å²) in [5.41, 5.74) is 9.02. The summed E-state index contributed by atoms with van der Waals surface area (Å²) in [4.78, 5) is 19.2. The molecule has 0 saturated heterocycles. The van der Waals surface area contributed by atoms with Crippen molar-refractivity contribution < 1.29 is 4.79 Å². The first-order valence-electron chi connectivity index (χ1n) is 6.57. The predicted molar refractivity (Wildman–Crippen MR) is 80.0 cm³/mol. The third kappa shape index (κ3) is 5.70. The molecule has 19 heavy (non-hydrogen) atoms. The molecule has 1 heterocycles. The monoisotopic (exact) mass is 283 g/mol. The first-order valence-corrected chi connectivity index (χ1v) is 7.45. The number of nitrogens with two attached hydrogens (primary N) is 1. The van der Waals surface area contributed by atoms with Gasteiger partial charge < -0.3 is 10.6 Å². The summed E-state index contributed by atoms with van der Waals surface area (Å²) in [7, 11) is 1.82. The van der Waals surface area contributed by atoms with Gasteiger partial charge in [0, 0.05) is 24.4 Å². The third-order valence-corrected chi connectivity index (χ3v) is 3.88. The molecule has 0 aromatic carbocycles. The van der Waals surface area contributed by atoms with E-state index in [1.807, 2.05) is 19.5 Å². The fraction of sp³-hybridized carbons (Fsp3) is 0.714. The molecule has 0 spiro atoms. The maximum absolute atomic E-state index is 12.1. The highest BCUT2D eigenvalue weighted by molar-refractivity contribution is 7.09. The Hall–Kier alpha value is -0.940. The molecular formula is C14H25N3OS. The predicted octanol–water partition coefficient (Wildman–Crippen LogP) is 2.56. The van der Waals surface area contributed by atoms with E-state index < -0.39 is 0 Å². The molecule has 0 fully saturated rings. The van der Waals surface area contributed by atoms with E-state index in [1.165, 1.54) is 0 Å². The lowest BCUT2D eigenvalue weighted by molar-refractivity contribution is -0.130. The van der Waals surface area contributed by atoms with Crippen LogP contribution in [0.4, 0.5) is 0 Å². The Balaban J connectivity index is 2.47. The van der Waals surface area contributed by atoms with Crippen LogP contribution in [0.5, 0.6) is 0 Å². The smallest absolute Gasteiger partial charge is 0.224 e. The Bertz CT molecular complexity index is 423. The van der Waals surface area contributed by atoms with Gasteiger partial charge in [-0.15, -0.1) is 11.3 Å². The van der Waals surface area contributed by atoms with Gasteiger partial charge in [-0.1, -0.05) is 20.8 Å². The van der Waals surface area contributed by atoms with Crippen molar-refractivity contribution in [2.24, 2.45) is 11.1 Å². The van der Waals surface area contributed by atoms with E-state index in [1.54, 1.807) is 16.2 Å². The van der Waals surface area contributed by atoms with Gasteiger partial charge in [0.05, 0.1) is 17.7 Å². The van der Waals surface area contributed by atoms with Gasteiger partial charge in [-0.2, -0.15) is 0 Å². The van der Waals surface area contributed by atoms with Crippen LogP contribution >= 0.6 is 11.3 Å². The van der Waals surface area contributed by atoms with Crippen molar-refractivity contribution in [2.75, 3.05) is 7.05 Å². The summed E-state index contributed by atoms with van der Waals surface area (Å²) in [6, 6.07) is -0.0718. The second kappa shape index (κ2) is 6.48. The molecule has 0 aliphatic rings. The Morgan fingerprint density at radius 3 is 2.63 bits per heavy atom. The van der Waals surface area contributed by atoms with Gasteiger partial charge in [-0.3, -0.25) is 4.79 Å². The number of amides is 1. The van der Waals surface area contributed by atoms with Crippen LogP contribution in [0.3, 0.4) is 0 Å². The van der Waals surface area contributed by atoms with Crippen molar-refractivity contribution in [3.63, 3.8) is 0 Å². The SMILES string of the molecule is Cc1ncsc1CN(C)C(=O)CC(N)CC(C)(C)C. The summed E-state index contributed by atoms with van der Waals surface area (Å²) in [6.45, 7) is 9.01. The quantitative estimate of drug-likeness (QED) is 0.903. The maximum atomic E-state index is 12.1. The van der Waals surface area contributed by atoms with Crippen LogP contribution in [0.1, 0.15) is 44.2 Å². The van der Waals surface area contributed by atoms with E-state index in [0.717, 1.165) is 17.0 Å². The topological polar surface area (TPSA) is 59.2 Å². The second-order valence-corrected chi connectivity index (χ2v) is 7.28. The fourth-order valence-corrected chi connectivity index (χ4v) is 2.85. The van der Waals surface area contributed by atoms with Crippen molar-refractivity contribution in [3.8, 4) is 0 Å². The van der Waals surface area contributed by atoms with Crippen molar-refractivity contribution >= 4 is 17.2 Å². The third-order valence-electron chi connectivity index (χ3n) is 2.96. The highest BCUT2D eigenvalue weighted by Gasteiger charge is 2.20. The number of hydrogen-bond acceptors (Lipinski definition) is 4. The van der Waals surface area contributed by atoms with Crippen molar-refractivity contribution in [3.05, 3.63) is 16.1 Å². The van der Waals surface area contributed by atoms with E-state index >= 15 is 0 Å². The minimum absolute atomic E-state index is 0.0718. The average molecular weight is 283 g/mol. The normalized spacial score (nSPS) is 13.4. The van der Waals surface area contributed by atoms with E-state index in [2.05, 4.69) is 25.8 Å². The lowest BCUT2D eigenvalue weighted by Gasteiger charge is -2.24. The van der Waals surface area contributed by atoms with Crippen LogP contribution in [0.25, 0.3) is 0 Å². The molecule has 4 nitrogen and oxygen atoms in total. The van der Waals surface area contributed by atoms with Crippen LogP contribution in [0, 0.1) is 12.3 Å². The van der Waals surface area contributed by atoms with E-state index in [0.29, 0.717) is 13.0 Å². The maximum Gasteiger partial charge on any atom is 0.224 e. The fourth-order valence-electron chi connectivity index (χ4n) is 2.02. The lowest BCUT2D eigenvalue weighted by Crippen LogP contribution is -2.35. The highest BCUT2D eigenvalue weighted by atomic mass is 32.1. The molecule has 0 radical (unpaired) electrons. The molecule has 1 aromatic heterocycles. The van der Waals surface area contributed by atoms with Crippen molar-refractivity contribution in [1.82, 2.24) is 9.88 Å². The first-order chi connectivity index (χ1) is 8.69. The van der Waals surface area contributed by atoms with E-state index in [4.69, 9.17) is 5.73 Å². The Morgan fingerprint density at radius 2 is 2.16 bits per heavy atom. The number of rotatable bonds is 5. The summed E-state index contributed by atoms with van der Waals surface area (Å²) < 4.78 is 0. The molecule has 1 amide bonds. The summed E-state index contributed by atoms with van der Waals surface area (Å²) in [5, 5.41) is 0. The molecule has 1 rings (SSSR count). The average Bonchev–Trinajstić information content (AvgIpc) is 2.61. The number of carbonyl (C=O) groups is 1. The number of thiazole rings is 1. The van der Waals surface area contributed by atoms with Gasteiger partial charge in [-0.05, 0) is 18.8 Å². The summed E-state index contributed by atoms with van der Waals surface area (Å²) in [5.74, 6) is 0.101. The van der Waals surface area contributed by atoms with Crippen LogP contribution in [-0.2, 0) is 11.3 Å². The van der Waals surface area contributed by atoms with Crippen LogP contribution in [0.15, 0.2) is 5.51 Å². The minimum atomic E-state index is -0.0718. The zero-order valence-electron chi connectivity index (χ0n) is 12.6. The van der Waals surface area contributed by atoms with Gasteiger partial charge in [0.2, 0.25) is 5.91 Å². The van der Waals surface area contributed by atoms with Gasteiger partial charge >= 0.3 is 0 Å². The largest absolute Gasteiger partial charge is 0.340 e. The Kier molecular flexibility index (Phi) is 5.50. The van der Waals surface area contributed by atoms with Crippen LogP contribution in [-0.4, -0.2) is 28.9 Å². The molecule has 0 aliphatic heterocycles. The van der Waals surface area contributed by atoms with Gasteiger partial charge in [0.1, 0.15) is 0 Å². The first kappa shape index (κ1) is 16.1. The summed E-state index contributed by atoms with van der Waals surface area (Å²) in [6.07, 6.45) is 1.26. The van der Waals surface area contributed by atoms with Crippen molar-refractivity contribution in [1.29, 1.82) is 0 Å². The highest BCUT2D eigenvalue weighted by Crippen LogP contribution is 2.21. The molecule has 0 saturated carbocycles. The Labute approximate surface area is 120 Å². The molecule has 1 atom stereocenters. The molecule has 2 N–H and O–H groups in total. The number of hydrogen-bond donors (Lipinski definition) is 1. The number of carbonyl (C=O) groups excluding carboxylic acids is 1. The number of nitrogens with zero attached hydrogens (tertiary/aromatic N) is 2. The summed E-state index contributed by atoms with van der Waals surface area (Å²) >= 11 is 1.59. The molecular weight excluding hydrogens is 258 g/mol. The van der Waals surface area contributed by atoms with Crippen LogP contribution in [0.2, 0.25) is 0 Å². The Morgan fingerprint density at radius 1 is 1.53 bits per heavy atom. The van der Waals surface area contributed by atoms with E-state index in [9.17, 15) is 4.79 Å². The zero-order valence-corrected chi connectivity index (χ0v) is 13.4. The van der Waals surface area contributed by atoms with Gasteiger partial charge in [0.15, 0.2) is 0 Å². The standard InChI is InChI=1S/C14H25N3OS/c1-10-12(19-9-16-10)8-17(5)13(18)6-11(15)7-14(2,3)4/h9,11H,6-8,15H2,1-5H3. The minimum Gasteiger partial charge on any atom is -0.340 e. The zero-order chi connectivity index (χ0) is 14.6. The molecule has 0 bridgehead atoms. The molecule has 108 valence electrons. The molecule has 5 heteroatoms. The van der Waals surface area contributed by atoms with Crippen molar-refractivity contribution in [2.45, 2.75) is 53.1 Å². The molecule has 0 aliphatic carbocycles. The molecule has 1 unspecified atom stereocenters.